The molecule has 0 bridgehead atoms. The molecule has 2 heterocycles. The van der Waals surface area contributed by atoms with E-state index in [0.717, 1.165) is 25.3 Å². The summed E-state index contributed by atoms with van der Waals surface area (Å²) in [4.78, 5) is 12.1. The molecule has 1 aliphatic heterocycles. The number of likely N-dealkylation sites (tertiary alicyclic amines) is 1. The molecule has 0 unspecified atom stereocenters. The van der Waals surface area contributed by atoms with Crippen LogP contribution < -0.4 is 16.6 Å². The van der Waals surface area contributed by atoms with Crippen LogP contribution in [0.2, 0.25) is 0 Å². The normalized spacial score (nSPS) is 17.6. The number of aromatic nitrogens is 2. The van der Waals surface area contributed by atoms with Crippen LogP contribution in [-0.2, 0) is 13.1 Å². The van der Waals surface area contributed by atoms with E-state index < -0.39 is 0 Å². The Balaban J connectivity index is 1.93. The molecule has 0 saturated carbocycles. The summed E-state index contributed by atoms with van der Waals surface area (Å²) in [6, 6.07) is 0. The topological polar surface area (TPSA) is 65.0 Å². The summed E-state index contributed by atoms with van der Waals surface area (Å²) in [5, 5.41) is 3.39. The summed E-state index contributed by atoms with van der Waals surface area (Å²) in [5.41, 5.74) is 6.25. The lowest BCUT2D eigenvalue weighted by atomic mass is 10.1. The average molecular weight is 310 g/mol. The lowest BCUT2D eigenvalue weighted by Gasteiger charge is -2.37. The van der Waals surface area contributed by atoms with Gasteiger partial charge in [-0.05, 0) is 33.1 Å². The monoisotopic (exact) mass is 310 g/mol. The number of nitrogen functional groups attached to an aromatic ring is 1. The van der Waals surface area contributed by atoms with Gasteiger partial charge in [-0.1, -0.05) is 0 Å². The highest BCUT2D eigenvalue weighted by atomic mass is 16.1. The third-order valence-electron chi connectivity index (χ3n) is 4.93. The van der Waals surface area contributed by atoms with Crippen molar-refractivity contribution >= 4 is 11.5 Å². The van der Waals surface area contributed by atoms with Crippen molar-refractivity contribution in [1.29, 1.82) is 0 Å². The number of rotatable bonds is 7. The molecule has 1 aromatic rings. The molecule has 22 heavy (non-hydrogen) atoms. The van der Waals surface area contributed by atoms with Gasteiger partial charge in [-0.15, -0.1) is 0 Å². The molecule has 6 heteroatoms. The summed E-state index contributed by atoms with van der Waals surface area (Å²) in [6.07, 6.45) is 5.19. The van der Waals surface area contributed by atoms with Gasteiger partial charge in [-0.2, -0.15) is 0 Å². The van der Waals surface area contributed by atoms with E-state index in [1.807, 2.05) is 18.5 Å². The summed E-state index contributed by atoms with van der Waals surface area (Å²) in [7, 11) is 2.36. The van der Waals surface area contributed by atoms with E-state index in [2.05, 4.69) is 12.4 Å². The maximum atomic E-state index is 12.1. The zero-order valence-corrected chi connectivity index (χ0v) is 14.4. The number of quaternary nitrogens is 1. The molecule has 0 aliphatic carbocycles. The molecule has 0 radical (unpaired) electrons. The van der Waals surface area contributed by atoms with Gasteiger partial charge in [0.2, 0.25) is 0 Å². The fourth-order valence-electron chi connectivity index (χ4n) is 3.61. The SMILES string of the molecule is CCn1c(NCCC[N+]2(C)CCCCC2)c(N)c(=O)n1CC. The van der Waals surface area contributed by atoms with Gasteiger partial charge in [0, 0.05) is 26.1 Å². The number of hydrogen-bond donors (Lipinski definition) is 2. The van der Waals surface area contributed by atoms with Crippen molar-refractivity contribution in [2.45, 2.75) is 52.6 Å². The van der Waals surface area contributed by atoms with Crippen LogP contribution >= 0.6 is 0 Å². The van der Waals surface area contributed by atoms with Crippen molar-refractivity contribution in [3.63, 3.8) is 0 Å². The maximum Gasteiger partial charge on any atom is 0.292 e. The van der Waals surface area contributed by atoms with E-state index in [1.165, 1.54) is 43.4 Å². The highest BCUT2D eigenvalue weighted by Crippen LogP contribution is 2.18. The minimum Gasteiger partial charge on any atom is -0.391 e. The van der Waals surface area contributed by atoms with Gasteiger partial charge in [0.25, 0.3) is 5.56 Å². The summed E-state index contributed by atoms with van der Waals surface area (Å²) in [5.74, 6) is 0.788. The average Bonchev–Trinajstić information content (AvgIpc) is 2.75. The maximum absolute atomic E-state index is 12.1. The van der Waals surface area contributed by atoms with Gasteiger partial charge < -0.3 is 15.5 Å². The van der Waals surface area contributed by atoms with Gasteiger partial charge in [-0.25, -0.2) is 4.68 Å². The van der Waals surface area contributed by atoms with Crippen LogP contribution in [0.25, 0.3) is 0 Å². The molecule has 126 valence electrons. The van der Waals surface area contributed by atoms with E-state index in [4.69, 9.17) is 5.73 Å². The van der Waals surface area contributed by atoms with E-state index in [0.29, 0.717) is 12.2 Å². The van der Waals surface area contributed by atoms with Crippen LogP contribution in [0.3, 0.4) is 0 Å². The first kappa shape index (κ1) is 16.9. The Bertz CT molecular complexity index is 539. The number of nitrogens with zero attached hydrogens (tertiary/aromatic N) is 3. The molecule has 1 aliphatic rings. The van der Waals surface area contributed by atoms with Crippen LogP contribution in [0.4, 0.5) is 11.5 Å². The Morgan fingerprint density at radius 1 is 1.14 bits per heavy atom. The third kappa shape index (κ3) is 3.48. The van der Waals surface area contributed by atoms with Crippen molar-refractivity contribution in [3.8, 4) is 0 Å². The second-order valence-corrected chi connectivity index (χ2v) is 6.63. The lowest BCUT2D eigenvalue weighted by molar-refractivity contribution is -0.914. The standard InChI is InChI=1S/C16H31N5O/c1-4-19-15(14(17)16(22)20(19)5-2)18-10-9-13-21(3)11-7-6-8-12-21/h4-13,17H2,1-3H3/p+1. The van der Waals surface area contributed by atoms with Crippen molar-refractivity contribution in [3.05, 3.63) is 10.4 Å². The van der Waals surface area contributed by atoms with Crippen LogP contribution in [0.1, 0.15) is 39.5 Å². The number of nitrogens with two attached hydrogens (primary N) is 1. The Morgan fingerprint density at radius 3 is 2.36 bits per heavy atom. The molecule has 0 amide bonds. The Hall–Kier alpha value is -1.43. The highest BCUT2D eigenvalue weighted by molar-refractivity contribution is 5.60. The van der Waals surface area contributed by atoms with Crippen molar-refractivity contribution < 1.29 is 4.48 Å². The molecule has 1 saturated heterocycles. The van der Waals surface area contributed by atoms with Crippen molar-refractivity contribution in [1.82, 2.24) is 9.36 Å². The Kier molecular flexibility index (Phi) is 5.56. The van der Waals surface area contributed by atoms with Crippen molar-refractivity contribution in [2.24, 2.45) is 0 Å². The van der Waals surface area contributed by atoms with Crippen LogP contribution in [-0.4, -0.2) is 47.1 Å². The van der Waals surface area contributed by atoms with E-state index in [1.54, 1.807) is 4.68 Å². The van der Waals surface area contributed by atoms with Gasteiger partial charge in [-0.3, -0.25) is 9.48 Å². The second-order valence-electron chi connectivity index (χ2n) is 6.63. The van der Waals surface area contributed by atoms with Gasteiger partial charge in [0.15, 0.2) is 0 Å². The van der Waals surface area contributed by atoms with Crippen molar-refractivity contribution in [2.75, 3.05) is 44.3 Å². The molecule has 0 atom stereocenters. The molecule has 3 N–H and O–H groups in total. The van der Waals surface area contributed by atoms with E-state index in [9.17, 15) is 4.79 Å². The van der Waals surface area contributed by atoms with Crippen LogP contribution in [0.15, 0.2) is 4.79 Å². The summed E-state index contributed by atoms with van der Waals surface area (Å²) in [6.45, 7) is 10.1. The molecule has 1 fully saturated rings. The second kappa shape index (κ2) is 7.22. The molecule has 0 spiro atoms. The van der Waals surface area contributed by atoms with Gasteiger partial charge in [0.05, 0.1) is 26.7 Å². The number of piperidine rings is 1. The fourth-order valence-corrected chi connectivity index (χ4v) is 3.61. The smallest absolute Gasteiger partial charge is 0.292 e. The lowest BCUT2D eigenvalue weighted by Crippen LogP contribution is -2.48. The van der Waals surface area contributed by atoms with E-state index in [-0.39, 0.29) is 5.56 Å². The molecular formula is C16H32N5O+. The quantitative estimate of drug-likeness (QED) is 0.595. The third-order valence-corrected chi connectivity index (χ3v) is 4.93. The summed E-state index contributed by atoms with van der Waals surface area (Å²) < 4.78 is 4.85. The Morgan fingerprint density at radius 2 is 1.77 bits per heavy atom. The molecule has 2 rings (SSSR count). The first-order chi connectivity index (χ1) is 10.5. The number of hydrogen-bond acceptors (Lipinski definition) is 3. The summed E-state index contributed by atoms with van der Waals surface area (Å²) >= 11 is 0. The zero-order valence-electron chi connectivity index (χ0n) is 14.4. The van der Waals surface area contributed by atoms with Crippen LogP contribution in [0.5, 0.6) is 0 Å². The van der Waals surface area contributed by atoms with Gasteiger partial charge in [0.1, 0.15) is 11.5 Å². The predicted octanol–water partition coefficient (Wildman–Crippen LogP) is 1.70. The molecule has 1 aromatic heterocycles. The molecule has 6 nitrogen and oxygen atoms in total. The van der Waals surface area contributed by atoms with Gasteiger partial charge >= 0.3 is 0 Å². The molecule has 0 aromatic carbocycles. The van der Waals surface area contributed by atoms with Crippen LogP contribution in [0, 0.1) is 0 Å². The molecular weight excluding hydrogens is 278 g/mol. The minimum absolute atomic E-state index is 0.0816. The highest BCUT2D eigenvalue weighted by Gasteiger charge is 2.24. The first-order valence-electron chi connectivity index (χ1n) is 8.69. The number of anilines is 2. The first-order valence-corrected chi connectivity index (χ1v) is 8.69. The number of nitrogens with one attached hydrogen (secondary N) is 1. The Labute approximate surface area is 133 Å². The van der Waals surface area contributed by atoms with E-state index >= 15 is 0 Å². The minimum atomic E-state index is -0.0816. The zero-order chi connectivity index (χ0) is 16.2. The predicted molar refractivity (Wildman–Crippen MR) is 92.2 cm³/mol. The largest absolute Gasteiger partial charge is 0.391 e. The fraction of sp³-hybridized carbons (Fsp3) is 0.812.